The van der Waals surface area contributed by atoms with Gasteiger partial charge in [-0.1, -0.05) is 25.4 Å². The number of halogens is 3. The van der Waals surface area contributed by atoms with E-state index in [-0.39, 0.29) is 36.3 Å². The molecule has 0 spiro atoms. The zero-order valence-electron chi connectivity index (χ0n) is 14.4. The van der Waals surface area contributed by atoms with Crippen molar-refractivity contribution < 1.29 is 9.53 Å². The van der Waals surface area contributed by atoms with Crippen molar-refractivity contribution in [2.45, 2.75) is 38.6 Å². The van der Waals surface area contributed by atoms with E-state index in [2.05, 4.69) is 10.6 Å². The number of methoxy groups -OCH3 is 1. The van der Waals surface area contributed by atoms with Crippen LogP contribution in [-0.2, 0) is 4.79 Å². The number of carbonyl (C=O) groups is 1. The molecule has 8 heteroatoms. The van der Waals surface area contributed by atoms with Crippen molar-refractivity contribution in [3.63, 3.8) is 0 Å². The van der Waals surface area contributed by atoms with Crippen LogP contribution < -0.4 is 21.1 Å². The molecular formula is C16H28Cl3N3O2. The highest BCUT2D eigenvalue weighted by molar-refractivity contribution is 6.30. The van der Waals surface area contributed by atoms with Gasteiger partial charge in [-0.05, 0) is 31.0 Å². The summed E-state index contributed by atoms with van der Waals surface area (Å²) >= 11 is 5.96. The summed E-state index contributed by atoms with van der Waals surface area (Å²) in [4.78, 5) is 11.9. The molecule has 0 aromatic heterocycles. The molecule has 4 N–H and O–H groups in total. The largest absolute Gasteiger partial charge is 0.495 e. The lowest BCUT2D eigenvalue weighted by Gasteiger charge is -2.26. The molecule has 1 amide bonds. The van der Waals surface area contributed by atoms with Crippen molar-refractivity contribution >= 4 is 48.0 Å². The van der Waals surface area contributed by atoms with Crippen LogP contribution in [0.25, 0.3) is 0 Å². The first-order valence-corrected chi connectivity index (χ1v) is 7.95. The van der Waals surface area contributed by atoms with Gasteiger partial charge in [-0.15, -0.1) is 24.8 Å². The highest BCUT2D eigenvalue weighted by atomic mass is 35.5. The fraction of sp³-hybridized carbons (Fsp3) is 0.562. The Bertz CT molecular complexity index is 497. The van der Waals surface area contributed by atoms with E-state index in [9.17, 15) is 4.79 Å². The fourth-order valence-corrected chi connectivity index (χ4v) is 2.16. The number of nitrogens with one attached hydrogen (secondary N) is 2. The number of amides is 1. The predicted molar refractivity (Wildman–Crippen MR) is 106 cm³/mol. The minimum Gasteiger partial charge on any atom is -0.495 e. The van der Waals surface area contributed by atoms with E-state index in [0.29, 0.717) is 30.3 Å². The maximum atomic E-state index is 11.9. The summed E-state index contributed by atoms with van der Waals surface area (Å²) in [5.41, 5.74) is 6.61. The molecule has 0 aliphatic carbocycles. The topological polar surface area (TPSA) is 76.4 Å². The summed E-state index contributed by atoms with van der Waals surface area (Å²) in [7, 11) is 1.59. The Hall–Kier alpha value is -0.880. The number of nitrogens with two attached hydrogens (primary N) is 1. The third-order valence-electron chi connectivity index (χ3n) is 3.87. The summed E-state index contributed by atoms with van der Waals surface area (Å²) in [6.45, 7) is 5.06. The molecule has 0 aliphatic heterocycles. The Balaban J connectivity index is 0. The number of rotatable bonds is 9. The molecule has 0 radical (unpaired) electrons. The van der Waals surface area contributed by atoms with Gasteiger partial charge in [0.2, 0.25) is 5.91 Å². The molecule has 0 saturated heterocycles. The van der Waals surface area contributed by atoms with Crippen LogP contribution in [-0.4, -0.2) is 31.6 Å². The van der Waals surface area contributed by atoms with Gasteiger partial charge < -0.3 is 21.1 Å². The molecule has 1 aromatic rings. The number of hydrogen-bond donors (Lipinski definition) is 3. The van der Waals surface area contributed by atoms with Crippen LogP contribution in [0.5, 0.6) is 5.75 Å². The van der Waals surface area contributed by atoms with Crippen molar-refractivity contribution in [2.75, 3.05) is 25.5 Å². The van der Waals surface area contributed by atoms with Gasteiger partial charge >= 0.3 is 0 Å². The molecule has 1 aromatic carbocycles. The molecule has 1 rings (SSSR count). The fourth-order valence-electron chi connectivity index (χ4n) is 1.99. The molecule has 0 aliphatic rings. The van der Waals surface area contributed by atoms with Crippen LogP contribution in [0, 0.1) is 0 Å². The zero-order valence-corrected chi connectivity index (χ0v) is 16.7. The quantitative estimate of drug-likeness (QED) is 0.591. The number of ether oxygens (including phenoxy) is 1. The van der Waals surface area contributed by atoms with Gasteiger partial charge in [0.1, 0.15) is 5.75 Å². The molecule has 24 heavy (non-hydrogen) atoms. The van der Waals surface area contributed by atoms with Gasteiger partial charge in [0.15, 0.2) is 0 Å². The molecule has 0 heterocycles. The lowest BCUT2D eigenvalue weighted by molar-refractivity contribution is -0.121. The normalized spacial score (nSPS) is 10.2. The lowest BCUT2D eigenvalue weighted by atomic mass is 9.94. The molecule has 0 atom stereocenters. The Kier molecular flexibility index (Phi) is 13.2. The summed E-state index contributed by atoms with van der Waals surface area (Å²) < 4.78 is 5.24. The van der Waals surface area contributed by atoms with Crippen LogP contribution >= 0.6 is 36.4 Å². The number of anilines is 1. The minimum absolute atomic E-state index is 0. The number of hydrogen-bond acceptors (Lipinski definition) is 4. The van der Waals surface area contributed by atoms with E-state index in [1.807, 2.05) is 13.8 Å². The van der Waals surface area contributed by atoms with E-state index in [1.54, 1.807) is 25.3 Å². The van der Waals surface area contributed by atoms with Crippen LogP contribution in [0.1, 0.15) is 33.1 Å². The van der Waals surface area contributed by atoms with Crippen molar-refractivity contribution in [2.24, 2.45) is 5.73 Å². The minimum atomic E-state index is -0.320. The zero-order chi connectivity index (χ0) is 16.6. The maximum Gasteiger partial charge on any atom is 0.221 e. The molecule has 5 nitrogen and oxygen atoms in total. The monoisotopic (exact) mass is 399 g/mol. The predicted octanol–water partition coefficient (Wildman–Crippen LogP) is 3.63. The molecule has 0 bridgehead atoms. The Morgan fingerprint density at radius 3 is 2.46 bits per heavy atom. The highest BCUT2D eigenvalue weighted by Gasteiger charge is 2.20. The third-order valence-corrected chi connectivity index (χ3v) is 4.11. The van der Waals surface area contributed by atoms with Crippen LogP contribution in [0.4, 0.5) is 5.69 Å². The smallest absolute Gasteiger partial charge is 0.221 e. The summed E-state index contributed by atoms with van der Waals surface area (Å²) in [5.74, 6) is 0.674. The van der Waals surface area contributed by atoms with Gasteiger partial charge in [-0.25, -0.2) is 0 Å². The molecule has 0 fully saturated rings. The van der Waals surface area contributed by atoms with E-state index in [0.717, 1.165) is 18.5 Å². The van der Waals surface area contributed by atoms with Crippen molar-refractivity contribution in [1.82, 2.24) is 5.32 Å². The molecule has 140 valence electrons. The molecular weight excluding hydrogens is 373 g/mol. The van der Waals surface area contributed by atoms with E-state index >= 15 is 0 Å². The highest BCUT2D eigenvalue weighted by Crippen LogP contribution is 2.27. The average Bonchev–Trinajstić information content (AvgIpc) is 2.53. The summed E-state index contributed by atoms with van der Waals surface area (Å²) in [5, 5.41) is 6.67. The maximum absolute atomic E-state index is 11.9. The van der Waals surface area contributed by atoms with Gasteiger partial charge in [0.25, 0.3) is 0 Å². The third kappa shape index (κ3) is 8.29. The second kappa shape index (κ2) is 12.5. The first-order valence-electron chi connectivity index (χ1n) is 7.57. The molecule has 0 saturated carbocycles. The first kappa shape index (κ1) is 25.4. The van der Waals surface area contributed by atoms with Gasteiger partial charge in [0.05, 0.1) is 12.8 Å². The second-order valence-corrected chi connectivity index (χ2v) is 5.80. The standard InChI is InChI=1S/C16H26ClN3O2.2ClH/c1-4-16(18,5-2)11-20-15(21)8-9-19-13-10-12(17)6-7-14(13)22-3;;/h6-7,10,19H,4-5,8-9,11,18H2,1-3H3,(H,20,21);2*1H. The van der Waals surface area contributed by atoms with Crippen LogP contribution in [0.2, 0.25) is 5.02 Å². The van der Waals surface area contributed by atoms with E-state index < -0.39 is 0 Å². The van der Waals surface area contributed by atoms with Crippen molar-refractivity contribution in [3.8, 4) is 5.75 Å². The Morgan fingerprint density at radius 1 is 1.29 bits per heavy atom. The lowest BCUT2D eigenvalue weighted by Crippen LogP contribution is -2.49. The summed E-state index contributed by atoms with van der Waals surface area (Å²) in [6.07, 6.45) is 2.03. The van der Waals surface area contributed by atoms with Crippen LogP contribution in [0.15, 0.2) is 18.2 Å². The average molecular weight is 401 g/mol. The first-order chi connectivity index (χ1) is 10.4. The Labute approximate surface area is 161 Å². The van der Waals surface area contributed by atoms with Crippen molar-refractivity contribution in [1.29, 1.82) is 0 Å². The Morgan fingerprint density at radius 2 is 1.92 bits per heavy atom. The van der Waals surface area contributed by atoms with Gasteiger partial charge in [-0.2, -0.15) is 0 Å². The van der Waals surface area contributed by atoms with E-state index in [4.69, 9.17) is 22.1 Å². The number of carbonyl (C=O) groups excluding carboxylic acids is 1. The second-order valence-electron chi connectivity index (χ2n) is 5.37. The number of benzene rings is 1. The SMILES string of the molecule is CCC(N)(CC)CNC(=O)CCNc1cc(Cl)ccc1OC.Cl.Cl. The molecule has 0 unspecified atom stereocenters. The van der Waals surface area contributed by atoms with Gasteiger partial charge in [0, 0.05) is 30.1 Å². The summed E-state index contributed by atoms with van der Waals surface area (Å²) in [6, 6.07) is 5.32. The van der Waals surface area contributed by atoms with Crippen molar-refractivity contribution in [3.05, 3.63) is 23.2 Å². The van der Waals surface area contributed by atoms with Crippen LogP contribution in [0.3, 0.4) is 0 Å². The van der Waals surface area contributed by atoms with Gasteiger partial charge in [-0.3, -0.25) is 4.79 Å². The van der Waals surface area contributed by atoms with E-state index in [1.165, 1.54) is 0 Å².